The summed E-state index contributed by atoms with van der Waals surface area (Å²) in [5.74, 6) is 0.0326. The topological polar surface area (TPSA) is 61.8 Å². The average Bonchev–Trinajstić information content (AvgIpc) is 2.30. The number of morpholine rings is 1. The van der Waals surface area contributed by atoms with E-state index in [4.69, 9.17) is 4.74 Å². The molecule has 0 spiro atoms. The van der Waals surface area contributed by atoms with Crippen molar-refractivity contribution in [2.45, 2.75) is 25.9 Å². The van der Waals surface area contributed by atoms with Gasteiger partial charge in [0.2, 0.25) is 5.91 Å². The van der Waals surface area contributed by atoms with Crippen LogP contribution in [-0.2, 0) is 9.53 Å². The number of aliphatic hydroxyl groups excluding tert-OH is 1. The Kier molecular flexibility index (Phi) is 6.37. The van der Waals surface area contributed by atoms with E-state index in [9.17, 15) is 9.90 Å². The monoisotopic (exact) mass is 230 g/mol. The molecule has 5 nitrogen and oxygen atoms in total. The van der Waals surface area contributed by atoms with E-state index in [0.717, 1.165) is 19.5 Å². The van der Waals surface area contributed by atoms with Gasteiger partial charge in [-0.2, -0.15) is 0 Å². The normalized spacial score (nSPS) is 19.4. The van der Waals surface area contributed by atoms with Crippen molar-refractivity contribution in [1.82, 2.24) is 10.2 Å². The van der Waals surface area contributed by atoms with Crippen molar-refractivity contribution in [3.8, 4) is 0 Å². The van der Waals surface area contributed by atoms with E-state index >= 15 is 0 Å². The van der Waals surface area contributed by atoms with Crippen LogP contribution in [0.15, 0.2) is 0 Å². The lowest BCUT2D eigenvalue weighted by Crippen LogP contribution is -2.43. The number of hydrogen-bond donors (Lipinski definition) is 2. The minimum atomic E-state index is -0.302. The van der Waals surface area contributed by atoms with Crippen LogP contribution >= 0.6 is 0 Å². The molecule has 1 saturated heterocycles. The van der Waals surface area contributed by atoms with Crippen LogP contribution in [0.5, 0.6) is 0 Å². The summed E-state index contributed by atoms with van der Waals surface area (Å²) in [6.07, 6.45) is 1.06. The fraction of sp³-hybridized carbons (Fsp3) is 0.909. The Morgan fingerprint density at radius 3 is 2.81 bits per heavy atom. The number of nitrogens with zero attached hydrogens (tertiary/aromatic N) is 1. The van der Waals surface area contributed by atoms with Crippen LogP contribution in [0.3, 0.4) is 0 Å². The first kappa shape index (κ1) is 13.4. The van der Waals surface area contributed by atoms with Crippen LogP contribution in [0.25, 0.3) is 0 Å². The van der Waals surface area contributed by atoms with Crippen molar-refractivity contribution < 1.29 is 14.6 Å². The molecule has 1 aliphatic heterocycles. The van der Waals surface area contributed by atoms with Crippen LogP contribution in [0, 0.1) is 0 Å². The fourth-order valence-corrected chi connectivity index (χ4v) is 1.60. The summed E-state index contributed by atoms with van der Waals surface area (Å²) in [4.78, 5) is 13.6. The zero-order chi connectivity index (χ0) is 11.8. The number of carbonyl (C=O) groups excluding carboxylic acids is 1. The summed E-state index contributed by atoms with van der Waals surface area (Å²) in [6, 6.07) is 0. The molecule has 16 heavy (non-hydrogen) atoms. The van der Waals surface area contributed by atoms with E-state index in [1.807, 2.05) is 6.92 Å². The van der Waals surface area contributed by atoms with E-state index in [0.29, 0.717) is 32.7 Å². The maximum atomic E-state index is 11.5. The average molecular weight is 230 g/mol. The Hall–Kier alpha value is -0.650. The standard InChI is InChI=1S/C11H22N2O3/c1-2-10(14)3-4-12-11(15)9-13-5-7-16-8-6-13/h10,14H,2-9H2,1H3,(H,12,15). The smallest absolute Gasteiger partial charge is 0.234 e. The maximum Gasteiger partial charge on any atom is 0.234 e. The van der Waals surface area contributed by atoms with Gasteiger partial charge in [-0.25, -0.2) is 0 Å². The van der Waals surface area contributed by atoms with E-state index in [2.05, 4.69) is 10.2 Å². The van der Waals surface area contributed by atoms with Gasteiger partial charge < -0.3 is 15.2 Å². The van der Waals surface area contributed by atoms with Crippen molar-refractivity contribution in [3.05, 3.63) is 0 Å². The molecule has 1 heterocycles. The molecule has 94 valence electrons. The van der Waals surface area contributed by atoms with Crippen molar-refractivity contribution in [2.75, 3.05) is 39.4 Å². The van der Waals surface area contributed by atoms with Crippen molar-refractivity contribution >= 4 is 5.91 Å². The molecule has 1 atom stereocenters. The fourth-order valence-electron chi connectivity index (χ4n) is 1.60. The molecule has 0 aliphatic carbocycles. The summed E-state index contributed by atoms with van der Waals surface area (Å²) in [6.45, 7) is 5.99. The lowest BCUT2D eigenvalue weighted by molar-refractivity contribution is -0.123. The quantitative estimate of drug-likeness (QED) is 0.651. The molecule has 1 amide bonds. The first-order valence-corrected chi connectivity index (χ1v) is 5.97. The number of nitrogens with one attached hydrogen (secondary N) is 1. The van der Waals surface area contributed by atoms with Gasteiger partial charge in [-0.05, 0) is 12.8 Å². The van der Waals surface area contributed by atoms with Crippen LogP contribution in [-0.4, -0.2) is 61.4 Å². The minimum Gasteiger partial charge on any atom is -0.393 e. The number of rotatable bonds is 6. The van der Waals surface area contributed by atoms with Crippen LogP contribution < -0.4 is 5.32 Å². The zero-order valence-corrected chi connectivity index (χ0v) is 9.95. The number of ether oxygens (including phenoxy) is 1. The molecule has 1 rings (SSSR count). The highest BCUT2D eigenvalue weighted by Crippen LogP contribution is 1.96. The van der Waals surface area contributed by atoms with Gasteiger partial charge in [0, 0.05) is 19.6 Å². The highest BCUT2D eigenvalue weighted by molar-refractivity contribution is 5.77. The van der Waals surface area contributed by atoms with Gasteiger partial charge in [0.1, 0.15) is 0 Å². The summed E-state index contributed by atoms with van der Waals surface area (Å²) in [5.41, 5.74) is 0. The minimum absolute atomic E-state index is 0.0326. The maximum absolute atomic E-state index is 11.5. The number of aliphatic hydroxyl groups is 1. The van der Waals surface area contributed by atoms with Gasteiger partial charge in [-0.15, -0.1) is 0 Å². The van der Waals surface area contributed by atoms with Crippen LogP contribution in [0.2, 0.25) is 0 Å². The van der Waals surface area contributed by atoms with Gasteiger partial charge in [0.25, 0.3) is 0 Å². The van der Waals surface area contributed by atoms with Gasteiger partial charge >= 0.3 is 0 Å². The predicted molar refractivity (Wildman–Crippen MR) is 61.2 cm³/mol. The van der Waals surface area contributed by atoms with E-state index in [1.54, 1.807) is 0 Å². The molecule has 0 aromatic carbocycles. The number of amides is 1. The van der Waals surface area contributed by atoms with Gasteiger partial charge in [0.05, 0.1) is 25.9 Å². The highest BCUT2D eigenvalue weighted by atomic mass is 16.5. The Balaban J connectivity index is 2.05. The van der Waals surface area contributed by atoms with Crippen LogP contribution in [0.1, 0.15) is 19.8 Å². The van der Waals surface area contributed by atoms with E-state index in [1.165, 1.54) is 0 Å². The molecular weight excluding hydrogens is 208 g/mol. The summed E-state index contributed by atoms with van der Waals surface area (Å²) in [7, 11) is 0. The third-order valence-electron chi connectivity index (χ3n) is 2.74. The third kappa shape index (κ3) is 5.44. The third-order valence-corrected chi connectivity index (χ3v) is 2.74. The molecule has 1 unspecified atom stereocenters. The Morgan fingerprint density at radius 1 is 1.50 bits per heavy atom. The lowest BCUT2D eigenvalue weighted by Gasteiger charge is -2.25. The Labute approximate surface area is 96.8 Å². The lowest BCUT2D eigenvalue weighted by atomic mass is 10.2. The number of hydrogen-bond acceptors (Lipinski definition) is 4. The second-order valence-electron chi connectivity index (χ2n) is 4.09. The highest BCUT2D eigenvalue weighted by Gasteiger charge is 2.13. The predicted octanol–water partition coefficient (Wildman–Crippen LogP) is -0.404. The van der Waals surface area contributed by atoms with E-state index in [-0.39, 0.29) is 12.0 Å². The van der Waals surface area contributed by atoms with Crippen molar-refractivity contribution in [1.29, 1.82) is 0 Å². The molecule has 2 N–H and O–H groups in total. The zero-order valence-electron chi connectivity index (χ0n) is 9.95. The van der Waals surface area contributed by atoms with Crippen molar-refractivity contribution in [3.63, 3.8) is 0 Å². The molecule has 1 fully saturated rings. The second-order valence-corrected chi connectivity index (χ2v) is 4.09. The molecule has 1 aliphatic rings. The van der Waals surface area contributed by atoms with Gasteiger partial charge in [-0.1, -0.05) is 6.92 Å². The second kappa shape index (κ2) is 7.60. The first-order valence-electron chi connectivity index (χ1n) is 5.97. The van der Waals surface area contributed by atoms with Gasteiger partial charge in [-0.3, -0.25) is 9.69 Å². The molecular formula is C11H22N2O3. The van der Waals surface area contributed by atoms with E-state index < -0.39 is 0 Å². The van der Waals surface area contributed by atoms with Crippen LogP contribution in [0.4, 0.5) is 0 Å². The molecule has 0 aromatic rings. The van der Waals surface area contributed by atoms with Crippen molar-refractivity contribution in [2.24, 2.45) is 0 Å². The summed E-state index contributed by atoms with van der Waals surface area (Å²) in [5, 5.41) is 12.1. The summed E-state index contributed by atoms with van der Waals surface area (Å²) >= 11 is 0. The first-order chi connectivity index (χ1) is 7.72. The largest absolute Gasteiger partial charge is 0.393 e. The Bertz CT molecular complexity index is 205. The molecule has 0 saturated carbocycles. The molecule has 0 aromatic heterocycles. The number of carbonyl (C=O) groups is 1. The summed E-state index contributed by atoms with van der Waals surface area (Å²) < 4.78 is 5.20. The molecule has 0 bridgehead atoms. The van der Waals surface area contributed by atoms with Gasteiger partial charge in [0.15, 0.2) is 0 Å². The molecule has 5 heteroatoms. The SMILES string of the molecule is CCC(O)CCNC(=O)CN1CCOCC1. The molecule has 0 radical (unpaired) electrons. The Morgan fingerprint density at radius 2 is 2.19 bits per heavy atom.